The van der Waals surface area contributed by atoms with E-state index in [0.717, 1.165) is 19.6 Å². The maximum Gasteiger partial charge on any atom is 0.0643 e. The van der Waals surface area contributed by atoms with Crippen LogP contribution in [-0.4, -0.2) is 32.5 Å². The van der Waals surface area contributed by atoms with Gasteiger partial charge in [0.25, 0.3) is 0 Å². The van der Waals surface area contributed by atoms with Crippen molar-refractivity contribution >= 4 is 0 Å². The van der Waals surface area contributed by atoms with Crippen LogP contribution in [0.1, 0.15) is 13.3 Å². The van der Waals surface area contributed by atoms with Crippen molar-refractivity contribution < 1.29 is 9.47 Å². The Labute approximate surface area is 67.9 Å². The zero-order valence-corrected chi connectivity index (χ0v) is 7.30. The van der Waals surface area contributed by atoms with Crippen molar-refractivity contribution in [2.75, 3.05) is 26.9 Å². The summed E-state index contributed by atoms with van der Waals surface area (Å²) in [5, 5.41) is 0. The van der Waals surface area contributed by atoms with Gasteiger partial charge in [-0.1, -0.05) is 0 Å². The van der Waals surface area contributed by atoms with Crippen molar-refractivity contribution in [3.05, 3.63) is 0 Å². The molecule has 2 N–H and O–H groups in total. The fourth-order valence-corrected chi connectivity index (χ4v) is 1.48. The molecule has 0 saturated carbocycles. The van der Waals surface area contributed by atoms with E-state index in [9.17, 15) is 0 Å². The average molecular weight is 159 g/mol. The molecule has 2 atom stereocenters. The number of hydrogen-bond acceptors (Lipinski definition) is 3. The lowest BCUT2D eigenvalue weighted by Gasteiger charge is -2.29. The molecule has 1 fully saturated rings. The molecule has 0 aromatic heterocycles. The first-order valence-corrected chi connectivity index (χ1v) is 4.02. The van der Waals surface area contributed by atoms with Gasteiger partial charge in [0.2, 0.25) is 0 Å². The van der Waals surface area contributed by atoms with Crippen LogP contribution < -0.4 is 5.73 Å². The molecular formula is C8H17NO2. The van der Waals surface area contributed by atoms with Gasteiger partial charge >= 0.3 is 0 Å². The van der Waals surface area contributed by atoms with E-state index < -0.39 is 0 Å². The van der Waals surface area contributed by atoms with Gasteiger partial charge in [-0.3, -0.25) is 0 Å². The van der Waals surface area contributed by atoms with Gasteiger partial charge in [-0.05, 0) is 13.3 Å². The van der Waals surface area contributed by atoms with E-state index >= 15 is 0 Å². The van der Waals surface area contributed by atoms with Crippen LogP contribution in [0, 0.1) is 5.92 Å². The van der Waals surface area contributed by atoms with Gasteiger partial charge in [-0.15, -0.1) is 0 Å². The SMILES string of the molecule is COCC(C)(N)C1CCOC1. The highest BCUT2D eigenvalue weighted by Gasteiger charge is 2.32. The summed E-state index contributed by atoms with van der Waals surface area (Å²) in [6, 6.07) is 0. The third-order valence-electron chi connectivity index (χ3n) is 2.32. The van der Waals surface area contributed by atoms with Crippen molar-refractivity contribution in [1.82, 2.24) is 0 Å². The van der Waals surface area contributed by atoms with Crippen LogP contribution >= 0.6 is 0 Å². The Morgan fingerprint density at radius 1 is 1.73 bits per heavy atom. The Morgan fingerprint density at radius 2 is 2.45 bits per heavy atom. The van der Waals surface area contributed by atoms with Crippen molar-refractivity contribution in [3.8, 4) is 0 Å². The summed E-state index contributed by atoms with van der Waals surface area (Å²) in [6.07, 6.45) is 1.07. The molecule has 3 heteroatoms. The predicted octanol–water partition coefficient (Wildman–Crippen LogP) is 0.387. The van der Waals surface area contributed by atoms with E-state index in [1.165, 1.54) is 0 Å². The summed E-state index contributed by atoms with van der Waals surface area (Å²) in [4.78, 5) is 0. The summed E-state index contributed by atoms with van der Waals surface area (Å²) in [5.74, 6) is 0.461. The van der Waals surface area contributed by atoms with E-state index in [-0.39, 0.29) is 5.54 Å². The predicted molar refractivity (Wildman–Crippen MR) is 43.4 cm³/mol. The van der Waals surface area contributed by atoms with E-state index in [1.807, 2.05) is 6.92 Å². The van der Waals surface area contributed by atoms with E-state index in [2.05, 4.69) is 0 Å². The van der Waals surface area contributed by atoms with Crippen LogP contribution in [0.5, 0.6) is 0 Å². The molecule has 0 radical (unpaired) electrons. The molecule has 0 aliphatic carbocycles. The van der Waals surface area contributed by atoms with Crippen LogP contribution in [0.3, 0.4) is 0 Å². The van der Waals surface area contributed by atoms with Gasteiger partial charge < -0.3 is 15.2 Å². The standard InChI is InChI=1S/C8H17NO2/c1-8(9,6-10-2)7-3-4-11-5-7/h7H,3-6,9H2,1-2H3. The molecule has 0 spiro atoms. The topological polar surface area (TPSA) is 44.5 Å². The molecule has 0 bridgehead atoms. The molecule has 1 saturated heterocycles. The maximum atomic E-state index is 6.03. The Kier molecular flexibility index (Phi) is 2.87. The van der Waals surface area contributed by atoms with Crippen molar-refractivity contribution in [2.45, 2.75) is 18.9 Å². The molecule has 3 nitrogen and oxygen atoms in total. The van der Waals surface area contributed by atoms with Gasteiger partial charge in [0, 0.05) is 25.2 Å². The number of nitrogens with two attached hydrogens (primary N) is 1. The highest BCUT2D eigenvalue weighted by molar-refractivity contribution is 4.88. The largest absolute Gasteiger partial charge is 0.383 e. The minimum Gasteiger partial charge on any atom is -0.383 e. The van der Waals surface area contributed by atoms with Gasteiger partial charge in [-0.2, -0.15) is 0 Å². The second-order valence-corrected chi connectivity index (χ2v) is 3.50. The highest BCUT2D eigenvalue weighted by Crippen LogP contribution is 2.23. The lowest BCUT2D eigenvalue weighted by Crippen LogP contribution is -2.48. The number of hydrogen-bond donors (Lipinski definition) is 1. The van der Waals surface area contributed by atoms with Gasteiger partial charge in [0.1, 0.15) is 0 Å². The molecule has 11 heavy (non-hydrogen) atoms. The summed E-state index contributed by atoms with van der Waals surface area (Å²) in [5.41, 5.74) is 5.81. The molecule has 66 valence electrons. The lowest BCUT2D eigenvalue weighted by molar-refractivity contribution is 0.0943. The third kappa shape index (κ3) is 2.15. The normalized spacial score (nSPS) is 30.3. The summed E-state index contributed by atoms with van der Waals surface area (Å²) >= 11 is 0. The fourth-order valence-electron chi connectivity index (χ4n) is 1.48. The van der Waals surface area contributed by atoms with Gasteiger partial charge in [-0.25, -0.2) is 0 Å². The number of methoxy groups -OCH3 is 1. The molecule has 1 aliphatic rings. The monoisotopic (exact) mass is 159 g/mol. The number of ether oxygens (including phenoxy) is 2. The Bertz CT molecular complexity index is 119. The third-order valence-corrected chi connectivity index (χ3v) is 2.32. The van der Waals surface area contributed by atoms with E-state index in [1.54, 1.807) is 7.11 Å². The Morgan fingerprint density at radius 3 is 2.91 bits per heavy atom. The number of rotatable bonds is 3. The zero-order chi connectivity index (χ0) is 8.32. The molecule has 2 unspecified atom stereocenters. The highest BCUT2D eigenvalue weighted by atomic mass is 16.5. The van der Waals surface area contributed by atoms with Crippen LogP contribution in [0.2, 0.25) is 0 Å². The van der Waals surface area contributed by atoms with E-state index in [0.29, 0.717) is 12.5 Å². The summed E-state index contributed by atoms with van der Waals surface area (Å²) in [6.45, 7) is 4.27. The Hall–Kier alpha value is -0.120. The van der Waals surface area contributed by atoms with Gasteiger partial charge in [0.05, 0.1) is 13.2 Å². The molecule has 0 aromatic carbocycles. The molecular weight excluding hydrogens is 142 g/mol. The quantitative estimate of drug-likeness (QED) is 0.647. The first kappa shape index (κ1) is 8.97. The smallest absolute Gasteiger partial charge is 0.0643 e. The zero-order valence-electron chi connectivity index (χ0n) is 7.30. The molecule has 0 amide bonds. The molecule has 0 aromatic rings. The van der Waals surface area contributed by atoms with Crippen LogP contribution in [0.15, 0.2) is 0 Å². The van der Waals surface area contributed by atoms with E-state index in [4.69, 9.17) is 15.2 Å². The van der Waals surface area contributed by atoms with Crippen LogP contribution in [0.25, 0.3) is 0 Å². The molecule has 1 aliphatic heterocycles. The van der Waals surface area contributed by atoms with Gasteiger partial charge in [0.15, 0.2) is 0 Å². The summed E-state index contributed by atoms with van der Waals surface area (Å²) in [7, 11) is 1.68. The second-order valence-electron chi connectivity index (χ2n) is 3.50. The minimum atomic E-state index is -0.217. The average Bonchev–Trinajstić information content (AvgIpc) is 2.37. The molecule has 1 heterocycles. The minimum absolute atomic E-state index is 0.217. The van der Waals surface area contributed by atoms with Crippen LogP contribution in [-0.2, 0) is 9.47 Å². The maximum absolute atomic E-state index is 6.03. The van der Waals surface area contributed by atoms with Crippen molar-refractivity contribution in [3.63, 3.8) is 0 Å². The molecule has 1 rings (SSSR count). The first-order chi connectivity index (χ1) is 5.17. The summed E-state index contributed by atoms with van der Waals surface area (Å²) < 4.78 is 10.3. The second kappa shape index (κ2) is 3.52. The Balaban J connectivity index is 2.41. The van der Waals surface area contributed by atoms with Crippen molar-refractivity contribution in [2.24, 2.45) is 11.7 Å². The van der Waals surface area contributed by atoms with Crippen molar-refractivity contribution in [1.29, 1.82) is 0 Å². The van der Waals surface area contributed by atoms with Crippen LogP contribution in [0.4, 0.5) is 0 Å². The lowest BCUT2D eigenvalue weighted by atomic mass is 9.87. The first-order valence-electron chi connectivity index (χ1n) is 4.02. The fraction of sp³-hybridized carbons (Fsp3) is 1.00.